The van der Waals surface area contributed by atoms with Gasteiger partial charge >= 0.3 is 0 Å². The molecule has 1 N–H and O–H groups in total. The fraction of sp³-hybridized carbons (Fsp3) is 1.00. The van der Waals surface area contributed by atoms with E-state index in [1.165, 1.54) is 25.7 Å². The van der Waals surface area contributed by atoms with E-state index < -0.39 is 0 Å². The Morgan fingerprint density at radius 1 is 1.00 bits per heavy atom. The summed E-state index contributed by atoms with van der Waals surface area (Å²) in [6, 6.07) is 1.84. The van der Waals surface area contributed by atoms with Crippen LogP contribution in [0.3, 0.4) is 0 Å². The molecule has 1 spiro atoms. The third-order valence-corrected chi connectivity index (χ3v) is 3.65. The molecule has 0 aromatic rings. The van der Waals surface area contributed by atoms with Gasteiger partial charge in [-0.25, -0.2) is 0 Å². The third kappa shape index (κ3) is 0.672. The van der Waals surface area contributed by atoms with E-state index >= 15 is 0 Å². The van der Waals surface area contributed by atoms with Crippen molar-refractivity contribution in [2.45, 2.75) is 50.6 Å². The summed E-state index contributed by atoms with van der Waals surface area (Å²) in [7, 11) is 0. The molecule has 0 amide bonds. The monoisotopic (exact) mass is 137 g/mol. The Morgan fingerprint density at radius 3 is 2.10 bits per heavy atom. The summed E-state index contributed by atoms with van der Waals surface area (Å²) in [4.78, 5) is 0. The Hall–Kier alpha value is -0.0400. The molecule has 1 nitrogen and oxygen atoms in total. The lowest BCUT2D eigenvalue weighted by molar-refractivity contribution is 0.280. The van der Waals surface area contributed by atoms with Gasteiger partial charge in [0.25, 0.3) is 0 Å². The Morgan fingerprint density at radius 2 is 1.60 bits per heavy atom. The second-order valence-electron chi connectivity index (χ2n) is 4.55. The Kier molecular flexibility index (Phi) is 0.883. The lowest BCUT2D eigenvalue weighted by atomic mass is 9.89. The van der Waals surface area contributed by atoms with Crippen molar-refractivity contribution < 1.29 is 0 Å². The van der Waals surface area contributed by atoms with Gasteiger partial charge in [-0.05, 0) is 43.9 Å². The zero-order valence-electron chi connectivity index (χ0n) is 6.40. The Bertz CT molecular complexity index is 146. The minimum Gasteiger partial charge on any atom is -0.311 e. The molecule has 1 aliphatic carbocycles. The highest BCUT2D eigenvalue weighted by molar-refractivity contribution is 5.05. The van der Waals surface area contributed by atoms with Crippen LogP contribution in [0.2, 0.25) is 0 Å². The van der Waals surface area contributed by atoms with E-state index in [2.05, 4.69) is 5.32 Å². The van der Waals surface area contributed by atoms with Gasteiger partial charge in [0.15, 0.2) is 0 Å². The molecule has 3 fully saturated rings. The summed E-state index contributed by atoms with van der Waals surface area (Å²) in [5.74, 6) is 0. The van der Waals surface area contributed by atoms with Gasteiger partial charge in [-0.15, -0.1) is 0 Å². The van der Waals surface area contributed by atoms with Crippen LogP contribution in [0.4, 0.5) is 0 Å². The minimum atomic E-state index is 0.872. The molecule has 10 heavy (non-hydrogen) atoms. The highest BCUT2D eigenvalue weighted by atomic mass is 15.0. The van der Waals surface area contributed by atoms with Crippen molar-refractivity contribution in [2.75, 3.05) is 0 Å². The van der Waals surface area contributed by atoms with Crippen molar-refractivity contribution in [3.05, 3.63) is 0 Å². The van der Waals surface area contributed by atoms with Gasteiger partial charge < -0.3 is 5.32 Å². The zero-order chi connectivity index (χ0) is 6.60. The number of rotatable bonds is 0. The second-order valence-corrected chi connectivity index (χ2v) is 4.55. The summed E-state index contributed by atoms with van der Waals surface area (Å²) in [5.41, 5.74) is 0.872. The van der Waals surface area contributed by atoms with Gasteiger partial charge in [-0.3, -0.25) is 0 Å². The number of piperidine rings is 1. The van der Waals surface area contributed by atoms with Gasteiger partial charge in [0, 0.05) is 12.1 Å². The van der Waals surface area contributed by atoms with Crippen molar-refractivity contribution in [2.24, 2.45) is 5.41 Å². The average Bonchev–Trinajstić information content (AvgIpc) is 2.56. The summed E-state index contributed by atoms with van der Waals surface area (Å²) in [5, 5.41) is 3.69. The molecule has 2 aliphatic heterocycles. The van der Waals surface area contributed by atoms with Gasteiger partial charge in [0.1, 0.15) is 0 Å². The molecule has 0 aromatic carbocycles. The second kappa shape index (κ2) is 1.58. The average molecular weight is 137 g/mol. The molecule has 2 atom stereocenters. The zero-order valence-corrected chi connectivity index (χ0v) is 6.40. The summed E-state index contributed by atoms with van der Waals surface area (Å²) in [6.07, 6.45) is 9.02. The summed E-state index contributed by atoms with van der Waals surface area (Å²) >= 11 is 0. The SMILES string of the molecule is C1CC2CC3(CC3)CC1N2. The van der Waals surface area contributed by atoms with E-state index in [1.807, 2.05) is 0 Å². The first kappa shape index (κ1) is 5.59. The third-order valence-electron chi connectivity index (χ3n) is 3.65. The summed E-state index contributed by atoms with van der Waals surface area (Å²) in [6.45, 7) is 0. The molecule has 0 radical (unpaired) electrons. The predicted octanol–water partition coefficient (Wildman–Crippen LogP) is 1.68. The van der Waals surface area contributed by atoms with Crippen LogP contribution in [0.15, 0.2) is 0 Å². The first-order valence-corrected chi connectivity index (χ1v) is 4.62. The van der Waals surface area contributed by atoms with Crippen molar-refractivity contribution in [1.82, 2.24) is 5.32 Å². The molecule has 0 aromatic heterocycles. The lowest BCUT2D eigenvalue weighted by Crippen LogP contribution is -2.38. The number of fused-ring (bicyclic) bond motifs is 2. The first-order valence-electron chi connectivity index (χ1n) is 4.62. The Labute approximate surface area is 62.2 Å². The smallest absolute Gasteiger partial charge is 0.00755 e. The maximum absolute atomic E-state index is 3.69. The Balaban J connectivity index is 1.84. The minimum absolute atomic E-state index is 0.872. The molecule has 56 valence electrons. The van der Waals surface area contributed by atoms with Crippen LogP contribution in [0.5, 0.6) is 0 Å². The molecule has 3 aliphatic rings. The summed E-state index contributed by atoms with van der Waals surface area (Å²) < 4.78 is 0. The molecular weight excluding hydrogens is 122 g/mol. The molecule has 2 bridgehead atoms. The topological polar surface area (TPSA) is 12.0 Å². The van der Waals surface area contributed by atoms with Crippen LogP contribution < -0.4 is 5.32 Å². The predicted molar refractivity (Wildman–Crippen MR) is 40.8 cm³/mol. The van der Waals surface area contributed by atoms with E-state index in [-0.39, 0.29) is 0 Å². The molecular formula is C9H15N. The molecule has 2 unspecified atom stereocenters. The van der Waals surface area contributed by atoms with Crippen molar-refractivity contribution in [1.29, 1.82) is 0 Å². The number of hydrogen-bond donors (Lipinski definition) is 1. The quantitative estimate of drug-likeness (QED) is 0.535. The lowest BCUT2D eigenvalue weighted by Gasteiger charge is -2.28. The fourth-order valence-electron chi connectivity index (χ4n) is 2.94. The number of nitrogens with one attached hydrogen (secondary N) is 1. The van der Waals surface area contributed by atoms with Crippen LogP contribution in [-0.2, 0) is 0 Å². The maximum atomic E-state index is 3.69. The van der Waals surface area contributed by atoms with Crippen LogP contribution in [0.25, 0.3) is 0 Å². The van der Waals surface area contributed by atoms with E-state index in [0.29, 0.717) is 0 Å². The van der Waals surface area contributed by atoms with Gasteiger partial charge in [-0.1, -0.05) is 0 Å². The molecule has 1 saturated carbocycles. The van der Waals surface area contributed by atoms with Gasteiger partial charge in [0.2, 0.25) is 0 Å². The highest BCUT2D eigenvalue weighted by Gasteiger charge is 2.50. The van der Waals surface area contributed by atoms with Crippen LogP contribution in [0.1, 0.15) is 38.5 Å². The first-order chi connectivity index (χ1) is 4.86. The largest absolute Gasteiger partial charge is 0.311 e. The molecule has 1 heteroatoms. The van der Waals surface area contributed by atoms with Crippen LogP contribution >= 0.6 is 0 Å². The molecule has 3 rings (SSSR count). The van der Waals surface area contributed by atoms with Crippen LogP contribution in [-0.4, -0.2) is 12.1 Å². The normalized spacial score (nSPS) is 48.0. The van der Waals surface area contributed by atoms with E-state index in [4.69, 9.17) is 0 Å². The van der Waals surface area contributed by atoms with E-state index in [0.717, 1.165) is 17.5 Å². The van der Waals surface area contributed by atoms with Gasteiger partial charge in [-0.2, -0.15) is 0 Å². The van der Waals surface area contributed by atoms with E-state index in [1.54, 1.807) is 12.8 Å². The fourth-order valence-corrected chi connectivity index (χ4v) is 2.94. The van der Waals surface area contributed by atoms with Crippen molar-refractivity contribution in [3.8, 4) is 0 Å². The van der Waals surface area contributed by atoms with Crippen molar-refractivity contribution >= 4 is 0 Å². The highest BCUT2D eigenvalue weighted by Crippen LogP contribution is 2.57. The van der Waals surface area contributed by atoms with Crippen LogP contribution in [0, 0.1) is 5.41 Å². The maximum Gasteiger partial charge on any atom is 0.00755 e. The van der Waals surface area contributed by atoms with Gasteiger partial charge in [0.05, 0.1) is 0 Å². The molecule has 2 heterocycles. The standard InChI is InChI=1S/C9H15N/c1-2-8-6-9(3-4-9)5-7(1)10-8/h7-8,10H,1-6H2. The van der Waals surface area contributed by atoms with E-state index in [9.17, 15) is 0 Å². The number of hydrogen-bond acceptors (Lipinski definition) is 1. The molecule has 2 saturated heterocycles. The van der Waals surface area contributed by atoms with Crippen molar-refractivity contribution in [3.63, 3.8) is 0 Å².